The van der Waals surface area contributed by atoms with Crippen LogP contribution >= 0.6 is 15.9 Å². The molecule has 2 rings (SSSR count). The summed E-state index contributed by atoms with van der Waals surface area (Å²) >= 11 is 3.35. The molecule has 1 N–H and O–H groups in total. The molecule has 98 valence electrons. The number of pyridine rings is 1. The summed E-state index contributed by atoms with van der Waals surface area (Å²) in [4.78, 5) is 16.3. The standard InChI is InChI=1S/C14H13BrN2O2/c1-2-19-14-12(8-5-9-16-14)17-13(18)10-6-3-4-7-11(10)15/h3-9H,2H2,1H3,(H,17,18). The van der Waals surface area contributed by atoms with Crippen molar-refractivity contribution in [1.82, 2.24) is 4.98 Å². The minimum absolute atomic E-state index is 0.207. The van der Waals surface area contributed by atoms with Crippen molar-refractivity contribution in [2.75, 3.05) is 11.9 Å². The lowest BCUT2D eigenvalue weighted by Crippen LogP contribution is -2.14. The molecule has 1 aromatic heterocycles. The number of amides is 1. The molecular weight excluding hydrogens is 308 g/mol. The first-order valence-electron chi connectivity index (χ1n) is 5.86. The zero-order chi connectivity index (χ0) is 13.7. The first-order chi connectivity index (χ1) is 9.22. The van der Waals surface area contributed by atoms with Crippen LogP contribution in [0.4, 0.5) is 5.69 Å². The minimum Gasteiger partial charge on any atom is -0.476 e. The van der Waals surface area contributed by atoms with E-state index >= 15 is 0 Å². The molecule has 0 spiro atoms. The van der Waals surface area contributed by atoms with Gasteiger partial charge in [0.15, 0.2) is 0 Å². The molecule has 5 heteroatoms. The van der Waals surface area contributed by atoms with Gasteiger partial charge >= 0.3 is 0 Å². The minimum atomic E-state index is -0.207. The Kier molecular flexibility index (Phi) is 4.52. The van der Waals surface area contributed by atoms with Crippen LogP contribution in [0.25, 0.3) is 0 Å². The maximum atomic E-state index is 12.2. The van der Waals surface area contributed by atoms with Crippen LogP contribution in [0.1, 0.15) is 17.3 Å². The van der Waals surface area contributed by atoms with Crippen LogP contribution in [-0.2, 0) is 0 Å². The Hall–Kier alpha value is -1.88. The average Bonchev–Trinajstić information content (AvgIpc) is 2.41. The summed E-state index contributed by atoms with van der Waals surface area (Å²) in [5, 5.41) is 2.80. The molecule has 0 unspecified atom stereocenters. The van der Waals surface area contributed by atoms with Gasteiger partial charge < -0.3 is 10.1 Å². The molecule has 1 amide bonds. The van der Waals surface area contributed by atoms with Gasteiger partial charge in [-0.25, -0.2) is 4.98 Å². The van der Waals surface area contributed by atoms with Gasteiger partial charge in [0, 0.05) is 10.7 Å². The lowest BCUT2D eigenvalue weighted by atomic mass is 10.2. The monoisotopic (exact) mass is 320 g/mol. The molecule has 1 heterocycles. The van der Waals surface area contributed by atoms with Crippen LogP contribution in [0.15, 0.2) is 47.1 Å². The Morgan fingerprint density at radius 2 is 2.11 bits per heavy atom. The summed E-state index contributed by atoms with van der Waals surface area (Å²) in [5.74, 6) is 0.215. The molecule has 0 radical (unpaired) electrons. The van der Waals surface area contributed by atoms with E-state index in [0.29, 0.717) is 23.7 Å². The number of nitrogens with one attached hydrogen (secondary N) is 1. The van der Waals surface area contributed by atoms with Crippen molar-refractivity contribution in [3.05, 3.63) is 52.6 Å². The molecule has 0 aliphatic rings. The second-order valence-corrected chi connectivity index (χ2v) is 4.58. The average molecular weight is 321 g/mol. The molecule has 0 fully saturated rings. The van der Waals surface area contributed by atoms with Crippen molar-refractivity contribution in [3.8, 4) is 5.88 Å². The van der Waals surface area contributed by atoms with Crippen LogP contribution in [0.5, 0.6) is 5.88 Å². The Morgan fingerprint density at radius 1 is 1.32 bits per heavy atom. The fourth-order valence-corrected chi connectivity index (χ4v) is 2.04. The van der Waals surface area contributed by atoms with Crippen molar-refractivity contribution in [1.29, 1.82) is 0 Å². The van der Waals surface area contributed by atoms with Gasteiger partial charge in [-0.1, -0.05) is 12.1 Å². The van der Waals surface area contributed by atoms with Crippen molar-refractivity contribution < 1.29 is 9.53 Å². The Balaban J connectivity index is 2.22. The predicted octanol–water partition coefficient (Wildman–Crippen LogP) is 3.50. The number of ether oxygens (including phenoxy) is 1. The van der Waals surface area contributed by atoms with E-state index in [4.69, 9.17) is 4.74 Å². The highest BCUT2D eigenvalue weighted by atomic mass is 79.9. The zero-order valence-electron chi connectivity index (χ0n) is 10.4. The molecule has 0 atom stereocenters. The molecule has 19 heavy (non-hydrogen) atoms. The smallest absolute Gasteiger partial charge is 0.256 e. The zero-order valence-corrected chi connectivity index (χ0v) is 12.0. The maximum absolute atomic E-state index is 12.2. The van der Waals surface area contributed by atoms with Crippen LogP contribution < -0.4 is 10.1 Å². The number of nitrogens with zero attached hydrogens (tertiary/aromatic N) is 1. The predicted molar refractivity (Wildman–Crippen MR) is 77.5 cm³/mol. The van der Waals surface area contributed by atoms with Crippen molar-refractivity contribution >= 4 is 27.5 Å². The van der Waals surface area contributed by atoms with Gasteiger partial charge in [-0.3, -0.25) is 4.79 Å². The van der Waals surface area contributed by atoms with Crippen molar-refractivity contribution in [2.24, 2.45) is 0 Å². The topological polar surface area (TPSA) is 51.2 Å². The first-order valence-corrected chi connectivity index (χ1v) is 6.65. The summed E-state index contributed by atoms with van der Waals surface area (Å²) in [6.07, 6.45) is 1.62. The Morgan fingerprint density at radius 3 is 2.84 bits per heavy atom. The van der Waals surface area contributed by atoms with E-state index in [-0.39, 0.29) is 5.91 Å². The van der Waals surface area contributed by atoms with Crippen LogP contribution in [0.2, 0.25) is 0 Å². The Bertz CT molecular complexity index is 587. The fraction of sp³-hybridized carbons (Fsp3) is 0.143. The van der Waals surface area contributed by atoms with E-state index in [9.17, 15) is 4.79 Å². The summed E-state index contributed by atoms with van der Waals surface area (Å²) in [6, 6.07) is 10.7. The van der Waals surface area contributed by atoms with Crippen molar-refractivity contribution in [2.45, 2.75) is 6.92 Å². The molecule has 0 aliphatic heterocycles. The fourth-order valence-electron chi connectivity index (χ4n) is 1.57. The van der Waals surface area contributed by atoms with E-state index in [1.54, 1.807) is 24.4 Å². The van der Waals surface area contributed by atoms with Crippen molar-refractivity contribution in [3.63, 3.8) is 0 Å². The number of halogens is 1. The SMILES string of the molecule is CCOc1ncccc1NC(=O)c1ccccc1Br. The third kappa shape index (κ3) is 3.32. The number of hydrogen-bond donors (Lipinski definition) is 1. The summed E-state index contributed by atoms with van der Waals surface area (Å²) in [6.45, 7) is 2.36. The van der Waals surface area contributed by atoms with E-state index in [1.807, 2.05) is 25.1 Å². The first kappa shape index (κ1) is 13.5. The van der Waals surface area contributed by atoms with Gasteiger partial charge in [0.2, 0.25) is 5.88 Å². The van der Waals surface area contributed by atoms with Crippen LogP contribution in [-0.4, -0.2) is 17.5 Å². The van der Waals surface area contributed by atoms with E-state index < -0.39 is 0 Å². The molecule has 0 aliphatic carbocycles. The van der Waals surface area contributed by atoms with E-state index in [2.05, 4.69) is 26.2 Å². The molecule has 1 aromatic carbocycles. The van der Waals surface area contributed by atoms with Gasteiger partial charge in [-0.05, 0) is 47.1 Å². The van der Waals surface area contributed by atoms with Gasteiger partial charge in [0.05, 0.1) is 12.2 Å². The number of carbonyl (C=O) groups is 1. The second-order valence-electron chi connectivity index (χ2n) is 3.72. The van der Waals surface area contributed by atoms with E-state index in [1.165, 1.54) is 0 Å². The van der Waals surface area contributed by atoms with Gasteiger partial charge in [-0.15, -0.1) is 0 Å². The van der Waals surface area contributed by atoms with Crippen LogP contribution in [0, 0.1) is 0 Å². The van der Waals surface area contributed by atoms with Gasteiger partial charge in [-0.2, -0.15) is 0 Å². The summed E-state index contributed by atoms with van der Waals surface area (Å²) in [5.41, 5.74) is 1.12. The lowest BCUT2D eigenvalue weighted by Gasteiger charge is -2.10. The molecule has 0 saturated carbocycles. The number of benzene rings is 1. The molecule has 2 aromatic rings. The highest BCUT2D eigenvalue weighted by Crippen LogP contribution is 2.23. The normalized spacial score (nSPS) is 10.0. The third-order valence-corrected chi connectivity index (χ3v) is 3.11. The Labute approximate surface area is 119 Å². The maximum Gasteiger partial charge on any atom is 0.256 e. The molecular formula is C14H13BrN2O2. The summed E-state index contributed by atoms with van der Waals surface area (Å²) < 4.78 is 6.11. The quantitative estimate of drug-likeness (QED) is 0.938. The number of anilines is 1. The van der Waals surface area contributed by atoms with Gasteiger partial charge in [0.25, 0.3) is 5.91 Å². The third-order valence-electron chi connectivity index (χ3n) is 2.42. The molecule has 4 nitrogen and oxygen atoms in total. The number of hydrogen-bond acceptors (Lipinski definition) is 3. The molecule has 0 bridgehead atoms. The number of carbonyl (C=O) groups excluding carboxylic acids is 1. The highest BCUT2D eigenvalue weighted by Gasteiger charge is 2.12. The number of rotatable bonds is 4. The lowest BCUT2D eigenvalue weighted by molar-refractivity contribution is 0.102. The highest BCUT2D eigenvalue weighted by molar-refractivity contribution is 9.10. The second kappa shape index (κ2) is 6.33. The number of aromatic nitrogens is 1. The van der Waals surface area contributed by atoms with E-state index in [0.717, 1.165) is 4.47 Å². The van der Waals surface area contributed by atoms with Crippen LogP contribution in [0.3, 0.4) is 0 Å². The summed E-state index contributed by atoms with van der Waals surface area (Å²) in [7, 11) is 0. The van der Waals surface area contributed by atoms with Gasteiger partial charge in [0.1, 0.15) is 5.69 Å². The molecule has 0 saturated heterocycles. The largest absolute Gasteiger partial charge is 0.476 e.